The van der Waals surface area contributed by atoms with E-state index in [2.05, 4.69) is 0 Å². The van der Waals surface area contributed by atoms with Crippen molar-refractivity contribution in [3.63, 3.8) is 0 Å². The average Bonchev–Trinajstić information content (AvgIpc) is 2.86. The van der Waals surface area contributed by atoms with Crippen molar-refractivity contribution < 1.29 is 43.5 Å². The number of hydrogen-bond acceptors (Lipinski definition) is 9. The van der Waals surface area contributed by atoms with Crippen LogP contribution in [0.25, 0.3) is 0 Å². The SMILES string of the molecule is CC(C)(C)C(=O)OCC(O)[C@@H]1OC(O)C(OC(=O)C(C)(C)C)C1OC(=O)C(C)(C)C. The lowest BCUT2D eigenvalue weighted by Crippen LogP contribution is -2.48. The number of aliphatic hydroxyl groups excluding tert-OH is 2. The van der Waals surface area contributed by atoms with Crippen molar-refractivity contribution in [2.45, 2.75) is 93.0 Å². The molecule has 0 radical (unpaired) electrons. The molecule has 1 heterocycles. The second-order valence-corrected chi connectivity index (χ2v) is 10.6. The standard InChI is InChI=1S/C21H36O9/c1-19(2,3)16(24)27-10-11(22)12-13(29-17(25)20(4,5)6)14(15(23)28-12)30-18(26)21(7,8)9/h11-15,22-23H,10H2,1-9H3/t11?,12-,13?,14?,15?/m0/s1. The highest BCUT2D eigenvalue weighted by atomic mass is 16.7. The Morgan fingerprint density at radius 1 is 0.800 bits per heavy atom. The Balaban J connectivity index is 3.06. The van der Waals surface area contributed by atoms with Crippen LogP contribution < -0.4 is 0 Å². The van der Waals surface area contributed by atoms with Gasteiger partial charge in [-0.1, -0.05) is 0 Å². The van der Waals surface area contributed by atoms with Gasteiger partial charge in [-0.3, -0.25) is 14.4 Å². The molecule has 0 aromatic rings. The van der Waals surface area contributed by atoms with Crippen LogP contribution in [0.2, 0.25) is 0 Å². The fourth-order valence-electron chi connectivity index (χ4n) is 2.31. The molecule has 174 valence electrons. The molecule has 0 saturated carbocycles. The second kappa shape index (κ2) is 9.20. The molecule has 0 spiro atoms. The van der Waals surface area contributed by atoms with E-state index in [4.69, 9.17) is 18.9 Å². The zero-order chi connectivity index (χ0) is 23.7. The predicted molar refractivity (Wildman–Crippen MR) is 106 cm³/mol. The lowest BCUT2D eigenvalue weighted by Gasteiger charge is -2.30. The third-order valence-electron chi connectivity index (χ3n) is 4.31. The highest BCUT2D eigenvalue weighted by Gasteiger charge is 2.53. The lowest BCUT2D eigenvalue weighted by molar-refractivity contribution is -0.186. The van der Waals surface area contributed by atoms with Gasteiger partial charge in [-0.05, 0) is 62.3 Å². The largest absolute Gasteiger partial charge is 0.462 e. The Hall–Kier alpha value is -1.71. The Bertz CT molecular complexity index is 636. The van der Waals surface area contributed by atoms with E-state index < -0.39 is 71.5 Å². The molecule has 1 aliphatic rings. The van der Waals surface area contributed by atoms with E-state index in [1.807, 2.05) is 0 Å². The molecule has 9 nitrogen and oxygen atoms in total. The zero-order valence-corrected chi connectivity index (χ0v) is 19.3. The van der Waals surface area contributed by atoms with Gasteiger partial charge in [0.1, 0.15) is 18.8 Å². The third-order valence-corrected chi connectivity index (χ3v) is 4.31. The topological polar surface area (TPSA) is 129 Å². The van der Waals surface area contributed by atoms with Gasteiger partial charge in [0.25, 0.3) is 0 Å². The third kappa shape index (κ3) is 6.92. The monoisotopic (exact) mass is 432 g/mol. The highest BCUT2D eigenvalue weighted by molar-refractivity contribution is 5.77. The summed E-state index contributed by atoms with van der Waals surface area (Å²) in [4.78, 5) is 36.8. The van der Waals surface area contributed by atoms with Gasteiger partial charge in [0.2, 0.25) is 0 Å². The summed E-state index contributed by atoms with van der Waals surface area (Å²) in [5.41, 5.74) is -2.55. The first-order valence-corrected chi connectivity index (χ1v) is 9.96. The number of aliphatic hydroxyl groups is 2. The quantitative estimate of drug-likeness (QED) is 0.491. The van der Waals surface area contributed by atoms with Gasteiger partial charge >= 0.3 is 17.9 Å². The molecule has 1 fully saturated rings. The Morgan fingerprint density at radius 2 is 1.20 bits per heavy atom. The summed E-state index contributed by atoms with van der Waals surface area (Å²) < 4.78 is 21.3. The first-order valence-electron chi connectivity index (χ1n) is 9.96. The maximum atomic E-state index is 12.5. The Kier molecular flexibility index (Phi) is 8.07. The second-order valence-electron chi connectivity index (χ2n) is 10.6. The molecule has 1 aliphatic heterocycles. The zero-order valence-electron chi connectivity index (χ0n) is 19.3. The summed E-state index contributed by atoms with van der Waals surface area (Å²) >= 11 is 0. The molecular formula is C21H36O9. The first kappa shape index (κ1) is 26.3. The molecule has 1 rings (SSSR count). The molecule has 1 saturated heterocycles. The van der Waals surface area contributed by atoms with Crippen LogP contribution in [0.5, 0.6) is 0 Å². The smallest absolute Gasteiger partial charge is 0.311 e. The molecule has 30 heavy (non-hydrogen) atoms. The molecule has 0 aromatic carbocycles. The minimum atomic E-state index is -1.63. The highest BCUT2D eigenvalue weighted by Crippen LogP contribution is 2.32. The molecule has 9 heteroatoms. The molecular weight excluding hydrogens is 396 g/mol. The number of esters is 3. The van der Waals surface area contributed by atoms with Gasteiger partial charge in [-0.15, -0.1) is 0 Å². The minimum absolute atomic E-state index is 0.447. The minimum Gasteiger partial charge on any atom is -0.462 e. The van der Waals surface area contributed by atoms with Crippen molar-refractivity contribution in [2.24, 2.45) is 16.2 Å². The average molecular weight is 433 g/mol. The fraction of sp³-hybridized carbons (Fsp3) is 0.857. The van der Waals surface area contributed by atoms with Gasteiger partial charge in [-0.25, -0.2) is 0 Å². The Morgan fingerprint density at radius 3 is 1.60 bits per heavy atom. The van der Waals surface area contributed by atoms with Crippen molar-refractivity contribution in [1.82, 2.24) is 0 Å². The van der Waals surface area contributed by atoms with E-state index in [0.29, 0.717) is 0 Å². The van der Waals surface area contributed by atoms with Crippen molar-refractivity contribution in [2.75, 3.05) is 6.61 Å². The van der Waals surface area contributed by atoms with Crippen LogP contribution in [0, 0.1) is 16.2 Å². The Labute approximate surface area is 178 Å². The number of ether oxygens (including phenoxy) is 4. The van der Waals surface area contributed by atoms with E-state index >= 15 is 0 Å². The molecule has 0 amide bonds. The van der Waals surface area contributed by atoms with Crippen molar-refractivity contribution >= 4 is 17.9 Å². The van der Waals surface area contributed by atoms with Gasteiger partial charge < -0.3 is 29.2 Å². The summed E-state index contributed by atoms with van der Waals surface area (Å²) in [7, 11) is 0. The number of carbonyl (C=O) groups is 3. The van der Waals surface area contributed by atoms with E-state index in [-0.39, 0.29) is 0 Å². The van der Waals surface area contributed by atoms with Gasteiger partial charge in [0.05, 0.1) is 16.2 Å². The van der Waals surface area contributed by atoms with Crippen LogP contribution in [0.15, 0.2) is 0 Å². The van der Waals surface area contributed by atoms with E-state index in [1.54, 1.807) is 62.3 Å². The van der Waals surface area contributed by atoms with E-state index in [0.717, 1.165) is 0 Å². The molecule has 0 bridgehead atoms. The number of hydrogen-bond donors (Lipinski definition) is 2. The molecule has 4 unspecified atom stereocenters. The van der Waals surface area contributed by atoms with Crippen molar-refractivity contribution in [3.8, 4) is 0 Å². The van der Waals surface area contributed by atoms with E-state index in [1.165, 1.54) is 0 Å². The van der Waals surface area contributed by atoms with Crippen LogP contribution >= 0.6 is 0 Å². The lowest BCUT2D eigenvalue weighted by atomic mass is 9.96. The van der Waals surface area contributed by atoms with Gasteiger partial charge in [-0.2, -0.15) is 0 Å². The summed E-state index contributed by atoms with van der Waals surface area (Å²) in [5, 5.41) is 20.8. The fourth-order valence-corrected chi connectivity index (χ4v) is 2.31. The molecule has 0 aliphatic carbocycles. The molecule has 0 aromatic heterocycles. The number of rotatable bonds is 5. The maximum Gasteiger partial charge on any atom is 0.311 e. The van der Waals surface area contributed by atoms with Crippen LogP contribution in [0.1, 0.15) is 62.3 Å². The van der Waals surface area contributed by atoms with Gasteiger partial charge in [0.15, 0.2) is 18.5 Å². The van der Waals surface area contributed by atoms with Crippen molar-refractivity contribution in [1.29, 1.82) is 0 Å². The number of carbonyl (C=O) groups excluding carboxylic acids is 3. The van der Waals surface area contributed by atoms with Crippen LogP contribution in [-0.2, 0) is 33.3 Å². The van der Waals surface area contributed by atoms with Crippen LogP contribution in [0.3, 0.4) is 0 Å². The predicted octanol–water partition coefficient (Wildman–Crippen LogP) is 1.57. The van der Waals surface area contributed by atoms with E-state index in [9.17, 15) is 24.6 Å². The normalized spacial score (nSPS) is 26.1. The first-order chi connectivity index (χ1) is 13.4. The summed E-state index contributed by atoms with van der Waals surface area (Å²) in [6.07, 6.45) is -6.96. The maximum absolute atomic E-state index is 12.5. The molecule has 2 N–H and O–H groups in total. The molecule has 5 atom stereocenters. The summed E-state index contributed by atoms with van der Waals surface area (Å²) in [5.74, 6) is -1.81. The van der Waals surface area contributed by atoms with Gasteiger partial charge in [0, 0.05) is 0 Å². The summed E-state index contributed by atoms with van der Waals surface area (Å²) in [6, 6.07) is 0. The summed E-state index contributed by atoms with van der Waals surface area (Å²) in [6.45, 7) is 14.3. The van der Waals surface area contributed by atoms with Crippen LogP contribution in [-0.4, -0.2) is 65.4 Å². The van der Waals surface area contributed by atoms with Crippen LogP contribution in [0.4, 0.5) is 0 Å². The van der Waals surface area contributed by atoms with Crippen molar-refractivity contribution in [3.05, 3.63) is 0 Å².